The highest BCUT2D eigenvalue weighted by Gasteiger charge is 2.46. The van der Waals surface area contributed by atoms with Gasteiger partial charge in [0.05, 0.1) is 0 Å². The Hall–Kier alpha value is 0.177. The molecule has 15 heavy (non-hydrogen) atoms. The highest BCUT2D eigenvalue weighted by Crippen LogP contribution is 2.46. The molecule has 1 heterocycles. The van der Waals surface area contributed by atoms with Gasteiger partial charge in [-0.05, 0) is 55.7 Å². The SMILES string of the molecule is C[C@@H]1C[C@@H](C)[C@@H]2[C@@H](C)C[Si](C)(C)O[C@@H]2C1. The molecule has 2 aliphatic rings. The Kier molecular flexibility index (Phi) is 3.02. The molecule has 0 spiro atoms. The summed E-state index contributed by atoms with van der Waals surface area (Å²) in [7, 11) is -1.32. The highest BCUT2D eigenvalue weighted by atomic mass is 28.4. The van der Waals surface area contributed by atoms with Gasteiger partial charge in [0.2, 0.25) is 0 Å². The van der Waals surface area contributed by atoms with E-state index < -0.39 is 8.32 Å². The maximum Gasteiger partial charge on any atom is 0.187 e. The van der Waals surface area contributed by atoms with Gasteiger partial charge in [0, 0.05) is 6.10 Å². The van der Waals surface area contributed by atoms with Crippen LogP contribution in [0.2, 0.25) is 19.1 Å². The fraction of sp³-hybridized carbons (Fsp3) is 1.00. The zero-order valence-electron chi connectivity index (χ0n) is 10.9. The normalized spacial score (nSPS) is 49.8. The molecule has 0 aromatic carbocycles. The van der Waals surface area contributed by atoms with E-state index in [-0.39, 0.29) is 0 Å². The largest absolute Gasteiger partial charge is 0.414 e. The third kappa shape index (κ3) is 2.31. The summed E-state index contributed by atoms with van der Waals surface area (Å²) in [5.74, 6) is 3.49. The van der Waals surface area contributed by atoms with E-state index in [1.807, 2.05) is 0 Å². The lowest BCUT2D eigenvalue weighted by Crippen LogP contribution is -2.52. The van der Waals surface area contributed by atoms with E-state index in [2.05, 4.69) is 33.9 Å². The molecule has 2 fully saturated rings. The van der Waals surface area contributed by atoms with Crippen molar-refractivity contribution < 1.29 is 4.43 Å². The summed E-state index contributed by atoms with van der Waals surface area (Å²) in [5, 5.41) is 0. The molecule has 1 nitrogen and oxygen atoms in total. The monoisotopic (exact) mass is 226 g/mol. The molecule has 1 aliphatic carbocycles. The van der Waals surface area contributed by atoms with Crippen molar-refractivity contribution in [3.63, 3.8) is 0 Å². The topological polar surface area (TPSA) is 9.23 Å². The molecule has 1 saturated heterocycles. The Morgan fingerprint density at radius 3 is 2.33 bits per heavy atom. The van der Waals surface area contributed by atoms with E-state index in [9.17, 15) is 0 Å². The predicted molar refractivity (Wildman–Crippen MR) is 67.4 cm³/mol. The van der Waals surface area contributed by atoms with Crippen LogP contribution in [0.15, 0.2) is 0 Å². The van der Waals surface area contributed by atoms with Crippen molar-refractivity contribution in [1.82, 2.24) is 0 Å². The Morgan fingerprint density at radius 1 is 1.00 bits per heavy atom. The summed E-state index contributed by atoms with van der Waals surface area (Å²) in [4.78, 5) is 0. The van der Waals surface area contributed by atoms with Gasteiger partial charge in [0.15, 0.2) is 8.32 Å². The zero-order chi connectivity index (χ0) is 11.2. The summed E-state index contributed by atoms with van der Waals surface area (Å²) in [6.45, 7) is 12.1. The molecule has 0 N–H and O–H groups in total. The highest BCUT2D eigenvalue weighted by molar-refractivity contribution is 6.71. The molecule has 5 atom stereocenters. The van der Waals surface area contributed by atoms with Gasteiger partial charge in [-0.25, -0.2) is 0 Å². The van der Waals surface area contributed by atoms with Crippen LogP contribution in [-0.2, 0) is 4.43 Å². The van der Waals surface area contributed by atoms with Crippen LogP contribution in [0.5, 0.6) is 0 Å². The Labute approximate surface area is 95.7 Å². The third-order valence-corrected chi connectivity index (χ3v) is 7.00. The minimum Gasteiger partial charge on any atom is -0.414 e. The van der Waals surface area contributed by atoms with Crippen molar-refractivity contribution in [2.75, 3.05) is 0 Å². The van der Waals surface area contributed by atoms with Gasteiger partial charge < -0.3 is 4.43 Å². The quantitative estimate of drug-likeness (QED) is 0.569. The second-order valence-corrected chi connectivity index (χ2v) is 10.9. The van der Waals surface area contributed by atoms with Crippen molar-refractivity contribution in [3.05, 3.63) is 0 Å². The molecule has 0 aromatic rings. The lowest BCUT2D eigenvalue weighted by Gasteiger charge is -2.50. The van der Waals surface area contributed by atoms with E-state index >= 15 is 0 Å². The lowest BCUT2D eigenvalue weighted by molar-refractivity contribution is -0.0153. The smallest absolute Gasteiger partial charge is 0.187 e. The number of hydrogen-bond acceptors (Lipinski definition) is 1. The predicted octanol–water partition coefficient (Wildman–Crippen LogP) is 3.91. The van der Waals surface area contributed by atoms with Crippen molar-refractivity contribution in [1.29, 1.82) is 0 Å². The first-order chi connectivity index (χ1) is 6.89. The van der Waals surface area contributed by atoms with Crippen LogP contribution >= 0.6 is 0 Å². The number of fused-ring (bicyclic) bond motifs is 1. The fourth-order valence-corrected chi connectivity index (χ4v) is 7.22. The van der Waals surface area contributed by atoms with Gasteiger partial charge in [0.1, 0.15) is 0 Å². The van der Waals surface area contributed by atoms with Crippen LogP contribution in [0.4, 0.5) is 0 Å². The van der Waals surface area contributed by atoms with Crippen LogP contribution in [0.25, 0.3) is 0 Å². The van der Waals surface area contributed by atoms with E-state index in [0.717, 1.165) is 23.7 Å². The molecule has 0 bridgehead atoms. The van der Waals surface area contributed by atoms with Gasteiger partial charge in [0.25, 0.3) is 0 Å². The fourth-order valence-electron chi connectivity index (χ4n) is 4.23. The zero-order valence-corrected chi connectivity index (χ0v) is 11.9. The van der Waals surface area contributed by atoms with Crippen molar-refractivity contribution in [2.45, 2.75) is 58.9 Å². The Bertz CT molecular complexity index is 239. The minimum atomic E-state index is -1.32. The van der Waals surface area contributed by atoms with Crippen molar-refractivity contribution in [3.8, 4) is 0 Å². The minimum absolute atomic E-state index is 0.592. The summed E-state index contributed by atoms with van der Waals surface area (Å²) in [6.07, 6.45) is 3.32. The summed E-state index contributed by atoms with van der Waals surface area (Å²) in [5.41, 5.74) is 0. The van der Waals surface area contributed by atoms with E-state index in [0.29, 0.717) is 6.10 Å². The average molecular weight is 226 g/mol. The molecule has 1 aliphatic heterocycles. The molecule has 0 aromatic heterocycles. The molecular formula is C13H26OSi. The average Bonchev–Trinajstić information content (AvgIpc) is 1.97. The van der Waals surface area contributed by atoms with Gasteiger partial charge in [-0.2, -0.15) is 0 Å². The standard InChI is InChI=1S/C13H26OSi/c1-9-6-10(2)13-11(3)8-15(4,5)14-12(13)7-9/h9-13H,6-8H2,1-5H3/t9-,10-,11+,12-,13-/m1/s1. The maximum atomic E-state index is 6.43. The molecular weight excluding hydrogens is 200 g/mol. The molecule has 2 heteroatoms. The first-order valence-corrected chi connectivity index (χ1v) is 9.68. The summed E-state index contributed by atoms with van der Waals surface area (Å²) < 4.78 is 6.43. The molecule has 2 rings (SSSR count). The third-order valence-electron chi connectivity index (χ3n) is 4.44. The van der Waals surface area contributed by atoms with Crippen LogP contribution in [0.3, 0.4) is 0 Å². The first kappa shape index (κ1) is 11.7. The van der Waals surface area contributed by atoms with Gasteiger partial charge in [-0.15, -0.1) is 0 Å². The second kappa shape index (κ2) is 3.88. The Morgan fingerprint density at radius 2 is 1.67 bits per heavy atom. The summed E-state index contributed by atoms with van der Waals surface area (Å²) in [6, 6.07) is 1.37. The maximum absolute atomic E-state index is 6.43. The van der Waals surface area contributed by atoms with Gasteiger partial charge in [-0.3, -0.25) is 0 Å². The molecule has 0 radical (unpaired) electrons. The first-order valence-electron chi connectivity index (χ1n) is 6.57. The molecule has 0 amide bonds. The van der Waals surface area contributed by atoms with E-state index in [4.69, 9.17) is 4.43 Å². The number of hydrogen-bond donors (Lipinski definition) is 0. The van der Waals surface area contributed by atoms with Crippen molar-refractivity contribution >= 4 is 8.32 Å². The molecule has 0 unspecified atom stereocenters. The molecule has 88 valence electrons. The second-order valence-electron chi connectivity index (χ2n) is 6.73. The van der Waals surface area contributed by atoms with Gasteiger partial charge in [-0.1, -0.05) is 20.8 Å². The van der Waals surface area contributed by atoms with Crippen LogP contribution in [0.1, 0.15) is 33.6 Å². The van der Waals surface area contributed by atoms with Crippen LogP contribution in [-0.4, -0.2) is 14.4 Å². The lowest BCUT2D eigenvalue weighted by atomic mass is 9.69. The van der Waals surface area contributed by atoms with Gasteiger partial charge >= 0.3 is 0 Å². The molecule has 1 saturated carbocycles. The summed E-state index contributed by atoms with van der Waals surface area (Å²) >= 11 is 0. The van der Waals surface area contributed by atoms with Crippen LogP contribution < -0.4 is 0 Å². The van der Waals surface area contributed by atoms with E-state index in [1.165, 1.54) is 18.9 Å². The van der Waals surface area contributed by atoms with Crippen molar-refractivity contribution in [2.24, 2.45) is 23.7 Å². The van der Waals surface area contributed by atoms with E-state index in [1.54, 1.807) is 0 Å². The van der Waals surface area contributed by atoms with Crippen LogP contribution in [0, 0.1) is 23.7 Å². The number of rotatable bonds is 0. The Balaban J connectivity index is 2.15.